The summed E-state index contributed by atoms with van der Waals surface area (Å²) in [5, 5.41) is 3.37. The average Bonchev–Trinajstić information content (AvgIpc) is 2.74. The van der Waals surface area contributed by atoms with Crippen molar-refractivity contribution in [3.05, 3.63) is 24.0 Å². The van der Waals surface area contributed by atoms with Crippen LogP contribution in [0.3, 0.4) is 0 Å². The molecule has 0 saturated heterocycles. The van der Waals surface area contributed by atoms with Gasteiger partial charge in [0.15, 0.2) is 0 Å². The van der Waals surface area contributed by atoms with E-state index >= 15 is 0 Å². The summed E-state index contributed by atoms with van der Waals surface area (Å²) in [7, 11) is 3.58. The minimum atomic E-state index is 0.167. The van der Waals surface area contributed by atoms with E-state index in [-0.39, 0.29) is 5.91 Å². The number of carbonyl (C=O) groups excluding carboxylic acids is 1. The number of amides is 1. The fraction of sp³-hybridized carbons (Fsp3) is 0.615. The standard InChI is InChI=1S/C13H23N3O/c1-5-14-11(2)12-6-8-16(10-12)9-7-13(17)15(3)4/h6,8,10-11,14H,5,7,9H2,1-4H3. The Hall–Kier alpha value is -1.29. The molecular formula is C13H23N3O. The smallest absolute Gasteiger partial charge is 0.223 e. The van der Waals surface area contributed by atoms with E-state index in [1.54, 1.807) is 19.0 Å². The van der Waals surface area contributed by atoms with Crippen LogP contribution in [-0.4, -0.2) is 36.0 Å². The lowest BCUT2D eigenvalue weighted by molar-refractivity contribution is -0.128. The number of nitrogens with zero attached hydrogens (tertiary/aromatic N) is 2. The quantitative estimate of drug-likeness (QED) is 0.816. The van der Waals surface area contributed by atoms with Gasteiger partial charge in [-0.15, -0.1) is 0 Å². The highest BCUT2D eigenvalue weighted by atomic mass is 16.2. The molecule has 0 spiro atoms. The Bertz CT molecular complexity index is 357. The molecule has 1 aromatic rings. The van der Waals surface area contributed by atoms with Crippen LogP contribution in [0.2, 0.25) is 0 Å². The highest BCUT2D eigenvalue weighted by Crippen LogP contribution is 2.12. The highest BCUT2D eigenvalue weighted by Gasteiger charge is 2.07. The van der Waals surface area contributed by atoms with Crippen LogP contribution in [0.1, 0.15) is 31.9 Å². The third-order valence-corrected chi connectivity index (χ3v) is 2.87. The molecule has 1 N–H and O–H groups in total. The number of hydrogen-bond acceptors (Lipinski definition) is 2. The van der Waals surface area contributed by atoms with Crippen LogP contribution >= 0.6 is 0 Å². The van der Waals surface area contributed by atoms with Gasteiger partial charge in [-0.1, -0.05) is 6.92 Å². The maximum absolute atomic E-state index is 11.5. The first-order valence-corrected chi connectivity index (χ1v) is 6.13. The van der Waals surface area contributed by atoms with Crippen LogP contribution in [0, 0.1) is 0 Å². The maximum Gasteiger partial charge on any atom is 0.223 e. The summed E-state index contributed by atoms with van der Waals surface area (Å²) >= 11 is 0. The van der Waals surface area contributed by atoms with Gasteiger partial charge in [-0.25, -0.2) is 0 Å². The van der Waals surface area contributed by atoms with Crippen molar-refractivity contribution in [3.8, 4) is 0 Å². The molecule has 0 saturated carbocycles. The largest absolute Gasteiger partial charge is 0.353 e. The fourth-order valence-electron chi connectivity index (χ4n) is 1.73. The zero-order valence-electron chi connectivity index (χ0n) is 11.2. The van der Waals surface area contributed by atoms with Gasteiger partial charge in [0, 0.05) is 45.5 Å². The lowest BCUT2D eigenvalue weighted by Gasteiger charge is -2.11. The minimum Gasteiger partial charge on any atom is -0.353 e. The first kappa shape index (κ1) is 13.8. The number of hydrogen-bond donors (Lipinski definition) is 1. The Morgan fingerprint density at radius 1 is 1.53 bits per heavy atom. The van der Waals surface area contributed by atoms with E-state index in [2.05, 4.69) is 36.0 Å². The molecule has 4 heteroatoms. The van der Waals surface area contributed by atoms with Crippen LogP contribution in [0.4, 0.5) is 0 Å². The van der Waals surface area contributed by atoms with Crippen LogP contribution < -0.4 is 5.32 Å². The second-order valence-corrected chi connectivity index (χ2v) is 4.50. The first-order valence-electron chi connectivity index (χ1n) is 6.13. The monoisotopic (exact) mass is 237 g/mol. The molecule has 1 atom stereocenters. The van der Waals surface area contributed by atoms with Crippen LogP contribution in [-0.2, 0) is 11.3 Å². The van der Waals surface area contributed by atoms with Gasteiger partial charge in [-0.3, -0.25) is 4.79 Å². The first-order chi connectivity index (χ1) is 8.04. The molecule has 1 unspecified atom stereocenters. The lowest BCUT2D eigenvalue weighted by Crippen LogP contribution is -2.22. The van der Waals surface area contributed by atoms with Crippen molar-refractivity contribution < 1.29 is 4.79 Å². The van der Waals surface area contributed by atoms with Gasteiger partial charge in [0.05, 0.1) is 0 Å². The highest BCUT2D eigenvalue weighted by molar-refractivity contribution is 5.75. The van der Waals surface area contributed by atoms with Gasteiger partial charge in [0.2, 0.25) is 5.91 Å². The average molecular weight is 237 g/mol. The van der Waals surface area contributed by atoms with Crippen LogP contribution in [0.5, 0.6) is 0 Å². The van der Waals surface area contributed by atoms with E-state index in [9.17, 15) is 4.79 Å². The number of aromatic nitrogens is 1. The number of aryl methyl sites for hydroxylation is 1. The van der Waals surface area contributed by atoms with Crippen molar-refractivity contribution in [3.63, 3.8) is 0 Å². The van der Waals surface area contributed by atoms with Crippen molar-refractivity contribution in [2.75, 3.05) is 20.6 Å². The zero-order valence-corrected chi connectivity index (χ0v) is 11.2. The van der Waals surface area contributed by atoms with Gasteiger partial charge >= 0.3 is 0 Å². The van der Waals surface area contributed by atoms with Crippen molar-refractivity contribution in [1.82, 2.24) is 14.8 Å². The predicted octanol–water partition coefficient (Wildman–Crippen LogP) is 1.64. The van der Waals surface area contributed by atoms with E-state index in [0.29, 0.717) is 12.5 Å². The van der Waals surface area contributed by atoms with E-state index in [1.807, 2.05) is 6.20 Å². The Balaban J connectivity index is 2.48. The molecule has 0 aliphatic rings. The Labute approximate surface area is 104 Å². The van der Waals surface area contributed by atoms with Crippen molar-refractivity contribution in [1.29, 1.82) is 0 Å². The Morgan fingerprint density at radius 2 is 2.24 bits per heavy atom. The summed E-state index contributed by atoms with van der Waals surface area (Å²) < 4.78 is 2.07. The summed E-state index contributed by atoms with van der Waals surface area (Å²) in [6, 6.07) is 2.47. The minimum absolute atomic E-state index is 0.167. The number of carbonyl (C=O) groups is 1. The predicted molar refractivity (Wildman–Crippen MR) is 69.8 cm³/mol. The SMILES string of the molecule is CCNC(C)c1ccn(CCC(=O)N(C)C)c1. The Morgan fingerprint density at radius 3 is 2.82 bits per heavy atom. The van der Waals surface area contributed by atoms with Crippen LogP contribution in [0.15, 0.2) is 18.5 Å². The second-order valence-electron chi connectivity index (χ2n) is 4.50. The van der Waals surface area contributed by atoms with E-state index < -0.39 is 0 Å². The third-order valence-electron chi connectivity index (χ3n) is 2.87. The third kappa shape index (κ3) is 4.23. The maximum atomic E-state index is 11.5. The van der Waals surface area contributed by atoms with Gasteiger partial charge < -0.3 is 14.8 Å². The normalized spacial score (nSPS) is 12.5. The van der Waals surface area contributed by atoms with Crippen molar-refractivity contribution in [2.45, 2.75) is 32.9 Å². The molecule has 4 nitrogen and oxygen atoms in total. The topological polar surface area (TPSA) is 37.3 Å². The molecule has 0 aliphatic heterocycles. The molecule has 1 rings (SSSR count). The molecule has 0 aliphatic carbocycles. The molecule has 0 fully saturated rings. The van der Waals surface area contributed by atoms with Gasteiger partial charge in [0.1, 0.15) is 0 Å². The van der Waals surface area contributed by atoms with Crippen LogP contribution in [0.25, 0.3) is 0 Å². The summed E-state index contributed by atoms with van der Waals surface area (Å²) in [4.78, 5) is 13.1. The fourth-order valence-corrected chi connectivity index (χ4v) is 1.73. The number of rotatable bonds is 6. The van der Waals surface area contributed by atoms with Crippen molar-refractivity contribution in [2.24, 2.45) is 0 Å². The van der Waals surface area contributed by atoms with E-state index in [0.717, 1.165) is 13.1 Å². The molecular weight excluding hydrogens is 214 g/mol. The summed E-state index contributed by atoms with van der Waals surface area (Å²) in [6.45, 7) is 5.96. The molecule has 17 heavy (non-hydrogen) atoms. The van der Waals surface area contributed by atoms with Crippen molar-refractivity contribution >= 4 is 5.91 Å². The summed E-state index contributed by atoms with van der Waals surface area (Å²) in [5.74, 6) is 0.167. The zero-order chi connectivity index (χ0) is 12.8. The van der Waals surface area contributed by atoms with E-state index in [1.165, 1.54) is 5.56 Å². The second kappa shape index (κ2) is 6.45. The van der Waals surface area contributed by atoms with E-state index in [4.69, 9.17) is 0 Å². The molecule has 0 radical (unpaired) electrons. The Kier molecular flexibility index (Phi) is 5.22. The molecule has 0 bridgehead atoms. The molecule has 1 amide bonds. The molecule has 96 valence electrons. The molecule has 1 heterocycles. The summed E-state index contributed by atoms with van der Waals surface area (Å²) in [6.07, 6.45) is 4.69. The molecule has 0 aromatic carbocycles. The van der Waals surface area contributed by atoms with Gasteiger partial charge in [0.25, 0.3) is 0 Å². The summed E-state index contributed by atoms with van der Waals surface area (Å²) in [5.41, 5.74) is 1.27. The van der Waals surface area contributed by atoms with Gasteiger partial charge in [-0.05, 0) is 25.1 Å². The number of nitrogens with one attached hydrogen (secondary N) is 1. The molecule has 1 aromatic heterocycles. The van der Waals surface area contributed by atoms with Gasteiger partial charge in [-0.2, -0.15) is 0 Å². The lowest BCUT2D eigenvalue weighted by atomic mass is 10.2.